The first-order valence-electron chi connectivity index (χ1n) is 5.88. The molecule has 18 heavy (non-hydrogen) atoms. The molecule has 1 fully saturated rings. The van der Waals surface area contributed by atoms with Crippen LogP contribution < -0.4 is 10.6 Å². The van der Waals surface area contributed by atoms with E-state index in [0.29, 0.717) is 4.99 Å². The van der Waals surface area contributed by atoms with Gasteiger partial charge in [-0.25, -0.2) is 4.79 Å². The molecule has 1 atom stereocenters. The SMILES string of the molecule is COC(=O)C1CCCN1c1ccc(C(N)=S)cc1. The van der Waals surface area contributed by atoms with E-state index >= 15 is 0 Å². The fourth-order valence-electron chi connectivity index (χ4n) is 2.27. The Bertz CT molecular complexity index is 459. The lowest BCUT2D eigenvalue weighted by Crippen LogP contribution is -2.36. The lowest BCUT2D eigenvalue weighted by molar-refractivity contribution is -0.141. The average molecular weight is 264 g/mol. The molecule has 1 aliphatic heterocycles. The number of carbonyl (C=O) groups is 1. The predicted octanol–water partition coefficient (Wildman–Crippen LogP) is 1.46. The van der Waals surface area contributed by atoms with Crippen LogP contribution in [0.25, 0.3) is 0 Å². The molecule has 1 saturated heterocycles. The standard InChI is InChI=1S/C13H16N2O2S/c1-17-13(16)11-3-2-8-15(11)10-6-4-9(5-7-10)12(14)18/h4-7,11H,2-3,8H2,1H3,(H2,14,18). The molecule has 96 valence electrons. The highest BCUT2D eigenvalue weighted by atomic mass is 32.1. The Kier molecular flexibility index (Phi) is 3.81. The summed E-state index contributed by atoms with van der Waals surface area (Å²) in [5, 5.41) is 0. The molecular formula is C13H16N2O2S. The summed E-state index contributed by atoms with van der Waals surface area (Å²) in [6, 6.07) is 7.46. The van der Waals surface area contributed by atoms with E-state index in [0.717, 1.165) is 30.6 Å². The van der Waals surface area contributed by atoms with Crippen LogP contribution in [0.1, 0.15) is 18.4 Å². The smallest absolute Gasteiger partial charge is 0.328 e. The fourth-order valence-corrected chi connectivity index (χ4v) is 2.41. The van der Waals surface area contributed by atoms with Gasteiger partial charge in [0.05, 0.1) is 7.11 Å². The average Bonchev–Trinajstić information content (AvgIpc) is 2.87. The van der Waals surface area contributed by atoms with E-state index in [1.165, 1.54) is 7.11 Å². The van der Waals surface area contributed by atoms with Crippen LogP contribution in [0.2, 0.25) is 0 Å². The van der Waals surface area contributed by atoms with Crippen molar-refractivity contribution in [1.82, 2.24) is 0 Å². The Labute approximate surface area is 112 Å². The summed E-state index contributed by atoms with van der Waals surface area (Å²) in [4.78, 5) is 14.1. The number of thiocarbonyl (C=S) groups is 1. The van der Waals surface area contributed by atoms with Crippen LogP contribution in [0, 0.1) is 0 Å². The molecule has 0 spiro atoms. The number of nitrogens with zero attached hydrogens (tertiary/aromatic N) is 1. The zero-order chi connectivity index (χ0) is 13.1. The highest BCUT2D eigenvalue weighted by molar-refractivity contribution is 7.80. The number of esters is 1. The monoisotopic (exact) mass is 264 g/mol. The lowest BCUT2D eigenvalue weighted by atomic mass is 10.1. The van der Waals surface area contributed by atoms with E-state index in [-0.39, 0.29) is 12.0 Å². The molecule has 0 bridgehead atoms. The van der Waals surface area contributed by atoms with Gasteiger partial charge < -0.3 is 15.4 Å². The Morgan fingerprint density at radius 2 is 2.11 bits per heavy atom. The highest BCUT2D eigenvalue weighted by Crippen LogP contribution is 2.26. The Morgan fingerprint density at radius 3 is 2.67 bits per heavy atom. The van der Waals surface area contributed by atoms with Gasteiger partial charge in [0.2, 0.25) is 0 Å². The van der Waals surface area contributed by atoms with Gasteiger partial charge in [0, 0.05) is 17.8 Å². The first kappa shape index (κ1) is 12.8. The number of ether oxygens (including phenoxy) is 1. The van der Waals surface area contributed by atoms with Gasteiger partial charge in [0.25, 0.3) is 0 Å². The summed E-state index contributed by atoms with van der Waals surface area (Å²) in [5.41, 5.74) is 7.40. The maximum atomic E-state index is 11.7. The summed E-state index contributed by atoms with van der Waals surface area (Å²) < 4.78 is 4.83. The van der Waals surface area contributed by atoms with E-state index in [9.17, 15) is 4.79 Å². The number of rotatable bonds is 3. The van der Waals surface area contributed by atoms with Gasteiger partial charge in [-0.05, 0) is 37.1 Å². The number of hydrogen-bond donors (Lipinski definition) is 1. The number of carbonyl (C=O) groups excluding carboxylic acids is 1. The molecule has 0 aromatic heterocycles. The zero-order valence-corrected chi connectivity index (χ0v) is 11.1. The zero-order valence-electron chi connectivity index (χ0n) is 10.3. The third-order valence-electron chi connectivity index (χ3n) is 3.21. The minimum absolute atomic E-state index is 0.175. The molecular weight excluding hydrogens is 248 g/mol. The van der Waals surface area contributed by atoms with Gasteiger partial charge in [0.1, 0.15) is 11.0 Å². The second-order valence-electron chi connectivity index (χ2n) is 4.29. The van der Waals surface area contributed by atoms with Crippen molar-refractivity contribution in [3.63, 3.8) is 0 Å². The van der Waals surface area contributed by atoms with Crippen molar-refractivity contribution in [2.45, 2.75) is 18.9 Å². The largest absolute Gasteiger partial charge is 0.467 e. The molecule has 1 unspecified atom stereocenters. The van der Waals surface area contributed by atoms with Crippen LogP contribution in [-0.4, -0.2) is 30.7 Å². The van der Waals surface area contributed by atoms with Gasteiger partial charge in [-0.1, -0.05) is 12.2 Å². The van der Waals surface area contributed by atoms with E-state index in [2.05, 4.69) is 4.90 Å². The topological polar surface area (TPSA) is 55.6 Å². The minimum atomic E-state index is -0.175. The van der Waals surface area contributed by atoms with Crippen molar-refractivity contribution >= 4 is 28.9 Å². The van der Waals surface area contributed by atoms with Gasteiger partial charge in [-0.2, -0.15) is 0 Å². The number of benzene rings is 1. The maximum Gasteiger partial charge on any atom is 0.328 e. The second kappa shape index (κ2) is 5.35. The van der Waals surface area contributed by atoms with Crippen LogP contribution in [0.5, 0.6) is 0 Å². The van der Waals surface area contributed by atoms with Crippen molar-refractivity contribution in [2.24, 2.45) is 5.73 Å². The number of nitrogens with two attached hydrogens (primary N) is 1. The number of methoxy groups -OCH3 is 1. The molecule has 0 radical (unpaired) electrons. The molecule has 0 amide bonds. The van der Waals surface area contributed by atoms with Crippen molar-refractivity contribution < 1.29 is 9.53 Å². The summed E-state index contributed by atoms with van der Waals surface area (Å²) >= 11 is 4.91. The van der Waals surface area contributed by atoms with Crippen molar-refractivity contribution in [1.29, 1.82) is 0 Å². The Hall–Kier alpha value is -1.62. The molecule has 0 saturated carbocycles. The van der Waals surface area contributed by atoms with Gasteiger partial charge in [0.15, 0.2) is 0 Å². The Morgan fingerprint density at radius 1 is 1.44 bits per heavy atom. The van der Waals surface area contributed by atoms with Crippen LogP contribution in [0.3, 0.4) is 0 Å². The number of hydrogen-bond acceptors (Lipinski definition) is 4. The molecule has 0 aliphatic carbocycles. The molecule has 1 heterocycles. The lowest BCUT2D eigenvalue weighted by Gasteiger charge is -2.24. The summed E-state index contributed by atoms with van der Waals surface area (Å²) in [6.45, 7) is 0.867. The maximum absolute atomic E-state index is 11.7. The molecule has 2 rings (SSSR count). The van der Waals surface area contributed by atoms with Crippen molar-refractivity contribution in [2.75, 3.05) is 18.6 Å². The van der Waals surface area contributed by atoms with Crippen molar-refractivity contribution in [3.05, 3.63) is 29.8 Å². The quantitative estimate of drug-likeness (QED) is 0.661. The molecule has 1 aromatic carbocycles. The summed E-state index contributed by atoms with van der Waals surface area (Å²) in [5.74, 6) is -0.175. The van der Waals surface area contributed by atoms with Crippen LogP contribution in [0.15, 0.2) is 24.3 Å². The third-order valence-corrected chi connectivity index (χ3v) is 3.45. The highest BCUT2D eigenvalue weighted by Gasteiger charge is 2.31. The first-order chi connectivity index (χ1) is 8.63. The number of anilines is 1. The second-order valence-corrected chi connectivity index (χ2v) is 4.73. The first-order valence-corrected chi connectivity index (χ1v) is 6.28. The molecule has 4 nitrogen and oxygen atoms in total. The molecule has 1 aliphatic rings. The van der Waals surface area contributed by atoms with Gasteiger partial charge in [-0.15, -0.1) is 0 Å². The predicted molar refractivity (Wildman–Crippen MR) is 74.7 cm³/mol. The summed E-state index contributed by atoms with van der Waals surface area (Å²) in [6.07, 6.45) is 1.83. The van der Waals surface area contributed by atoms with E-state index in [4.69, 9.17) is 22.7 Å². The summed E-state index contributed by atoms with van der Waals surface area (Å²) in [7, 11) is 1.43. The third kappa shape index (κ3) is 2.46. The fraction of sp³-hybridized carbons (Fsp3) is 0.385. The normalized spacial score (nSPS) is 18.7. The molecule has 2 N–H and O–H groups in total. The van der Waals surface area contributed by atoms with Crippen LogP contribution >= 0.6 is 12.2 Å². The van der Waals surface area contributed by atoms with Gasteiger partial charge in [-0.3, -0.25) is 0 Å². The molecule has 5 heteroatoms. The van der Waals surface area contributed by atoms with Crippen LogP contribution in [-0.2, 0) is 9.53 Å². The Balaban J connectivity index is 2.20. The van der Waals surface area contributed by atoms with Gasteiger partial charge >= 0.3 is 5.97 Å². The van der Waals surface area contributed by atoms with E-state index < -0.39 is 0 Å². The molecule has 1 aromatic rings. The van der Waals surface area contributed by atoms with Crippen LogP contribution in [0.4, 0.5) is 5.69 Å². The van der Waals surface area contributed by atoms with Crippen molar-refractivity contribution in [3.8, 4) is 0 Å². The minimum Gasteiger partial charge on any atom is -0.467 e. The van der Waals surface area contributed by atoms with E-state index in [1.807, 2.05) is 24.3 Å². The van der Waals surface area contributed by atoms with E-state index in [1.54, 1.807) is 0 Å².